The molecule has 0 atom stereocenters. The summed E-state index contributed by atoms with van der Waals surface area (Å²) >= 11 is 0. The summed E-state index contributed by atoms with van der Waals surface area (Å²) in [6, 6.07) is 8.09. The van der Waals surface area contributed by atoms with Crippen LogP contribution in [0.1, 0.15) is 5.69 Å². The highest BCUT2D eigenvalue weighted by molar-refractivity contribution is 5.78. The first-order valence-corrected chi connectivity index (χ1v) is 6.13. The number of aromatic nitrogens is 4. The first kappa shape index (κ1) is 9.27. The van der Waals surface area contributed by atoms with E-state index < -0.39 is 0 Å². The van der Waals surface area contributed by atoms with Crippen LogP contribution in [0.4, 0.5) is 0 Å². The smallest absolute Gasteiger partial charge is 0.380 e. The molecule has 0 amide bonds. The van der Waals surface area contributed by atoms with Crippen molar-refractivity contribution in [1.29, 1.82) is 0 Å². The van der Waals surface area contributed by atoms with Gasteiger partial charge < -0.3 is 4.42 Å². The number of hydrogen-bond donors (Lipinski definition) is 0. The maximum Gasteiger partial charge on any atom is 0.385 e. The second-order valence-electron chi connectivity index (χ2n) is 4.70. The molecule has 0 fully saturated rings. The summed E-state index contributed by atoms with van der Waals surface area (Å²) in [6.07, 6.45) is 5.39. The highest BCUT2D eigenvalue weighted by atomic mass is 16.4. The number of fused-ring (bicyclic) bond motifs is 7. The number of hydrogen-bond acceptors (Lipinski definition) is 3. The first-order chi connectivity index (χ1) is 9.42. The molecule has 0 aromatic carbocycles. The Bertz CT molecular complexity index is 951. The first-order valence-electron chi connectivity index (χ1n) is 6.13. The van der Waals surface area contributed by atoms with Crippen molar-refractivity contribution in [1.82, 2.24) is 14.4 Å². The van der Waals surface area contributed by atoms with Gasteiger partial charge in [-0.25, -0.2) is 4.98 Å². The number of nitrogens with zero attached hydrogens (tertiary/aromatic N) is 4. The van der Waals surface area contributed by atoms with Gasteiger partial charge in [0.15, 0.2) is 6.54 Å². The van der Waals surface area contributed by atoms with Gasteiger partial charge in [0.1, 0.15) is 17.6 Å². The van der Waals surface area contributed by atoms with Gasteiger partial charge in [-0.05, 0) is 18.2 Å². The number of rotatable bonds is 0. The van der Waals surface area contributed by atoms with Crippen molar-refractivity contribution in [3.8, 4) is 11.5 Å². The van der Waals surface area contributed by atoms with E-state index in [2.05, 4.69) is 26.7 Å². The van der Waals surface area contributed by atoms with Crippen LogP contribution in [0.25, 0.3) is 28.2 Å². The second kappa shape index (κ2) is 3.00. The summed E-state index contributed by atoms with van der Waals surface area (Å²) in [7, 11) is 0. The van der Waals surface area contributed by atoms with Crippen LogP contribution in [-0.4, -0.2) is 14.4 Å². The summed E-state index contributed by atoms with van der Waals surface area (Å²) in [4.78, 5) is 8.55. The van der Waals surface area contributed by atoms with Crippen molar-refractivity contribution in [3.63, 3.8) is 0 Å². The SMILES string of the molecule is c1cnc2c(c1)-c1oc3c(cc4ccncn43)[n+]1C2. The Morgan fingerprint density at radius 2 is 2.26 bits per heavy atom. The van der Waals surface area contributed by atoms with Crippen molar-refractivity contribution >= 4 is 16.7 Å². The molecular formula is C14H9N4O+. The Morgan fingerprint density at radius 3 is 3.26 bits per heavy atom. The summed E-state index contributed by atoms with van der Waals surface area (Å²) in [6.45, 7) is 0.767. The molecule has 0 spiro atoms. The van der Waals surface area contributed by atoms with E-state index >= 15 is 0 Å². The Kier molecular flexibility index (Phi) is 1.46. The zero-order valence-corrected chi connectivity index (χ0v) is 9.95. The van der Waals surface area contributed by atoms with Gasteiger partial charge >= 0.3 is 5.89 Å². The third-order valence-corrected chi connectivity index (χ3v) is 3.67. The van der Waals surface area contributed by atoms with Gasteiger partial charge in [-0.3, -0.25) is 9.38 Å². The lowest BCUT2D eigenvalue weighted by atomic mass is 10.2. The lowest BCUT2D eigenvalue weighted by Crippen LogP contribution is -2.30. The van der Waals surface area contributed by atoms with Gasteiger partial charge in [0, 0.05) is 18.5 Å². The molecule has 1 aliphatic heterocycles. The zero-order valence-electron chi connectivity index (χ0n) is 9.95. The molecule has 19 heavy (non-hydrogen) atoms. The highest BCUT2D eigenvalue weighted by Gasteiger charge is 2.35. The summed E-state index contributed by atoms with van der Waals surface area (Å²) < 4.78 is 10.2. The Balaban J connectivity index is 1.93. The average Bonchev–Trinajstić information content (AvgIpc) is 3.07. The predicted octanol–water partition coefficient (Wildman–Crippen LogP) is 1.79. The Hall–Kier alpha value is -2.69. The van der Waals surface area contributed by atoms with Crippen LogP contribution in [0.3, 0.4) is 0 Å². The van der Waals surface area contributed by atoms with Crippen LogP contribution < -0.4 is 4.57 Å². The van der Waals surface area contributed by atoms with Gasteiger partial charge in [-0.15, -0.1) is 4.57 Å². The summed E-state index contributed by atoms with van der Waals surface area (Å²) in [5.41, 5.74) is 5.16. The van der Waals surface area contributed by atoms with E-state index in [1.165, 1.54) is 0 Å². The van der Waals surface area contributed by atoms with Crippen molar-refractivity contribution in [2.75, 3.05) is 0 Å². The van der Waals surface area contributed by atoms with E-state index in [1.54, 1.807) is 12.5 Å². The predicted molar refractivity (Wildman–Crippen MR) is 67.5 cm³/mol. The molecule has 0 N–H and O–H groups in total. The number of pyridine rings is 1. The standard InChI is InChI=1S/C14H9N4O/c1-2-10-11(16-4-1)7-17-12-6-9-3-5-15-8-18(9)14(12)19-13(10)17/h1-6,8H,7H2/q+1. The van der Waals surface area contributed by atoms with Gasteiger partial charge in [0.25, 0.3) is 11.2 Å². The molecule has 0 aliphatic carbocycles. The van der Waals surface area contributed by atoms with Crippen LogP contribution in [0.15, 0.2) is 47.4 Å². The van der Waals surface area contributed by atoms with Gasteiger partial charge in [-0.2, -0.15) is 0 Å². The van der Waals surface area contributed by atoms with E-state index in [0.717, 1.165) is 40.4 Å². The summed E-state index contributed by atoms with van der Waals surface area (Å²) in [5.74, 6) is 0.881. The Morgan fingerprint density at radius 1 is 1.26 bits per heavy atom. The minimum atomic E-state index is 0.767. The Labute approximate surface area is 107 Å². The van der Waals surface area contributed by atoms with E-state index in [9.17, 15) is 0 Å². The van der Waals surface area contributed by atoms with E-state index in [-0.39, 0.29) is 0 Å². The topological polar surface area (TPSA) is 47.2 Å². The van der Waals surface area contributed by atoms with Gasteiger partial charge in [0.05, 0.1) is 5.52 Å². The van der Waals surface area contributed by atoms with Crippen molar-refractivity contribution < 1.29 is 8.98 Å². The fourth-order valence-electron chi connectivity index (χ4n) is 2.80. The molecule has 5 rings (SSSR count). The van der Waals surface area contributed by atoms with Crippen molar-refractivity contribution in [3.05, 3.63) is 48.7 Å². The quantitative estimate of drug-likeness (QED) is 0.393. The summed E-state index contributed by atoms with van der Waals surface area (Å²) in [5, 5.41) is 0. The normalized spacial score (nSPS) is 13.1. The maximum atomic E-state index is 6.04. The molecule has 4 aromatic heterocycles. The van der Waals surface area contributed by atoms with Gasteiger partial charge in [-0.1, -0.05) is 0 Å². The molecule has 0 saturated carbocycles. The van der Waals surface area contributed by atoms with Crippen LogP contribution in [0, 0.1) is 0 Å². The van der Waals surface area contributed by atoms with Crippen LogP contribution in [0.2, 0.25) is 0 Å². The van der Waals surface area contributed by atoms with Crippen molar-refractivity contribution in [2.45, 2.75) is 6.54 Å². The van der Waals surface area contributed by atoms with Crippen molar-refractivity contribution in [2.24, 2.45) is 0 Å². The molecule has 4 aromatic rings. The number of oxazole rings is 1. The highest BCUT2D eigenvalue weighted by Crippen LogP contribution is 2.30. The monoisotopic (exact) mass is 249 g/mol. The molecule has 5 heterocycles. The van der Waals surface area contributed by atoms with Gasteiger partial charge in [0.2, 0.25) is 0 Å². The molecule has 90 valence electrons. The fourth-order valence-corrected chi connectivity index (χ4v) is 2.80. The lowest BCUT2D eigenvalue weighted by molar-refractivity contribution is -0.649. The van der Waals surface area contributed by atoms with E-state index in [1.807, 2.05) is 22.7 Å². The molecular weight excluding hydrogens is 240 g/mol. The van der Waals surface area contributed by atoms with Crippen LogP contribution in [-0.2, 0) is 6.54 Å². The molecule has 0 saturated heterocycles. The molecule has 0 radical (unpaired) electrons. The minimum absolute atomic E-state index is 0.767. The molecule has 0 unspecified atom stereocenters. The molecule has 5 heteroatoms. The average molecular weight is 249 g/mol. The second-order valence-corrected chi connectivity index (χ2v) is 4.70. The minimum Gasteiger partial charge on any atom is -0.380 e. The van der Waals surface area contributed by atoms with E-state index in [0.29, 0.717) is 0 Å². The molecule has 0 bridgehead atoms. The van der Waals surface area contributed by atoms with E-state index in [4.69, 9.17) is 4.42 Å². The third kappa shape index (κ3) is 1.03. The largest absolute Gasteiger partial charge is 0.385 e. The zero-order chi connectivity index (χ0) is 12.4. The van der Waals surface area contributed by atoms with Crippen LogP contribution in [0.5, 0.6) is 0 Å². The van der Waals surface area contributed by atoms with Crippen LogP contribution >= 0.6 is 0 Å². The molecule has 5 nitrogen and oxygen atoms in total. The third-order valence-electron chi connectivity index (χ3n) is 3.67. The maximum absolute atomic E-state index is 6.04. The fraction of sp³-hybridized carbons (Fsp3) is 0.0714. The lowest BCUT2D eigenvalue weighted by Gasteiger charge is -1.91. The molecule has 1 aliphatic rings.